The van der Waals surface area contributed by atoms with Gasteiger partial charge in [0, 0.05) is 81.7 Å². The standard InChI is InChI=1S/C45H49F2N9O7/c1-25-14-39(48-20-27(25)21-52-10-12-53(13-11-52)29-7-6-26-22-55(43(59)32(26)18-29)36-8-9-38(57)49-42(36)58)62-31-17-30-23-56(44(60)63-45(2,3)4)41-37(54(30)24-31)19-35(50-51-41)33-15-28(46)16-34(47)40(33)61-5/h6-7,14-16,18-20,30-31,36H,8-13,17,21-24H2,1-5H3,(H,49,57,58)/t30-,31-,36?/m1/s1. The zero-order valence-electron chi connectivity index (χ0n) is 35.8. The lowest BCUT2D eigenvalue weighted by atomic mass is 10.0. The number of aryl methyl sites for hydroxylation is 1. The third kappa shape index (κ3) is 8.31. The van der Waals surface area contributed by atoms with Crippen molar-refractivity contribution in [2.45, 2.75) is 83.8 Å². The fraction of sp³-hybridized carbons (Fsp3) is 0.444. The smallest absolute Gasteiger partial charge is 0.416 e. The number of anilines is 3. The van der Waals surface area contributed by atoms with Crippen LogP contribution in [0.5, 0.6) is 11.6 Å². The molecule has 9 rings (SSSR count). The van der Waals surface area contributed by atoms with Gasteiger partial charge in [0.05, 0.1) is 43.2 Å². The molecule has 7 heterocycles. The Balaban J connectivity index is 0.845. The van der Waals surface area contributed by atoms with E-state index in [1.54, 1.807) is 31.7 Å². The molecular weight excluding hydrogens is 817 g/mol. The van der Waals surface area contributed by atoms with E-state index in [1.807, 2.05) is 37.4 Å². The number of aromatic nitrogens is 3. The molecule has 0 radical (unpaired) electrons. The van der Waals surface area contributed by atoms with Crippen molar-refractivity contribution >= 4 is 41.0 Å². The van der Waals surface area contributed by atoms with E-state index < -0.39 is 35.3 Å². The maximum atomic E-state index is 14.7. The van der Waals surface area contributed by atoms with Crippen LogP contribution in [-0.4, -0.2) is 119 Å². The fourth-order valence-corrected chi connectivity index (χ4v) is 9.17. The normalized spacial score (nSPS) is 21.3. The molecule has 2 aromatic carbocycles. The number of amides is 4. The first kappa shape index (κ1) is 41.9. The number of nitrogens with one attached hydrogen (secondary N) is 1. The first-order valence-corrected chi connectivity index (χ1v) is 21.2. The Morgan fingerprint density at radius 3 is 2.48 bits per heavy atom. The van der Waals surface area contributed by atoms with Gasteiger partial charge >= 0.3 is 6.09 Å². The van der Waals surface area contributed by atoms with Gasteiger partial charge < -0.3 is 28.9 Å². The number of nitrogens with zero attached hydrogens (tertiary/aromatic N) is 8. The average Bonchev–Trinajstić information content (AvgIpc) is 3.80. The second-order valence-corrected chi connectivity index (χ2v) is 17.7. The number of benzene rings is 2. The summed E-state index contributed by atoms with van der Waals surface area (Å²) in [7, 11) is 1.29. The Morgan fingerprint density at radius 1 is 0.952 bits per heavy atom. The molecule has 1 N–H and O–H groups in total. The Labute approximate surface area is 363 Å². The molecule has 330 valence electrons. The van der Waals surface area contributed by atoms with E-state index >= 15 is 0 Å². The predicted molar refractivity (Wildman–Crippen MR) is 227 cm³/mol. The summed E-state index contributed by atoms with van der Waals surface area (Å²) in [6.07, 6.45) is 2.07. The van der Waals surface area contributed by atoms with Gasteiger partial charge in [-0.3, -0.25) is 29.5 Å². The van der Waals surface area contributed by atoms with Crippen LogP contribution < -0.4 is 29.5 Å². The lowest BCUT2D eigenvalue weighted by Crippen LogP contribution is -2.52. The third-order valence-corrected chi connectivity index (χ3v) is 12.3. The topological polar surface area (TPSA) is 163 Å². The zero-order chi connectivity index (χ0) is 44.3. The van der Waals surface area contributed by atoms with E-state index in [4.69, 9.17) is 19.2 Å². The molecule has 5 aliphatic heterocycles. The van der Waals surface area contributed by atoms with Crippen molar-refractivity contribution in [3.05, 3.63) is 82.5 Å². The van der Waals surface area contributed by atoms with Gasteiger partial charge in [0.1, 0.15) is 23.6 Å². The number of piperidine rings is 1. The Bertz CT molecular complexity index is 2510. The van der Waals surface area contributed by atoms with Crippen molar-refractivity contribution in [2.24, 2.45) is 0 Å². The quantitative estimate of drug-likeness (QED) is 0.236. The molecule has 0 spiro atoms. The number of halogens is 2. The van der Waals surface area contributed by atoms with E-state index in [1.165, 1.54) is 12.0 Å². The van der Waals surface area contributed by atoms with Crippen LogP contribution in [0.1, 0.15) is 67.1 Å². The molecule has 18 heteroatoms. The first-order chi connectivity index (χ1) is 30.1. The number of carbonyl (C=O) groups is 4. The van der Waals surface area contributed by atoms with Crippen LogP contribution in [-0.2, 0) is 27.4 Å². The van der Waals surface area contributed by atoms with Gasteiger partial charge in [-0.15, -0.1) is 10.2 Å². The molecule has 0 bridgehead atoms. The van der Waals surface area contributed by atoms with Crippen LogP contribution in [0, 0.1) is 18.6 Å². The van der Waals surface area contributed by atoms with Crippen molar-refractivity contribution in [1.29, 1.82) is 0 Å². The Hall–Kier alpha value is -6.43. The highest BCUT2D eigenvalue weighted by atomic mass is 19.1. The second-order valence-electron chi connectivity index (χ2n) is 17.7. The fourth-order valence-electron chi connectivity index (χ4n) is 9.17. The minimum absolute atomic E-state index is 0.0863. The van der Waals surface area contributed by atoms with Crippen LogP contribution in [0.4, 0.5) is 30.8 Å². The zero-order valence-corrected chi connectivity index (χ0v) is 35.8. The summed E-state index contributed by atoms with van der Waals surface area (Å²) in [6, 6.07) is 10.6. The maximum absolute atomic E-state index is 14.7. The van der Waals surface area contributed by atoms with E-state index in [-0.39, 0.29) is 59.8 Å². The van der Waals surface area contributed by atoms with Gasteiger partial charge in [-0.25, -0.2) is 18.6 Å². The molecule has 2 aromatic heterocycles. The monoisotopic (exact) mass is 865 g/mol. The largest absolute Gasteiger partial charge is 0.493 e. The molecule has 0 aliphatic carbocycles. The number of hydrogen-bond donors (Lipinski definition) is 1. The van der Waals surface area contributed by atoms with Crippen LogP contribution >= 0.6 is 0 Å². The van der Waals surface area contributed by atoms with Crippen LogP contribution in [0.25, 0.3) is 11.3 Å². The number of rotatable bonds is 8. The van der Waals surface area contributed by atoms with Gasteiger partial charge in [-0.1, -0.05) is 6.07 Å². The van der Waals surface area contributed by atoms with Gasteiger partial charge in [-0.2, -0.15) is 0 Å². The minimum Gasteiger partial charge on any atom is -0.493 e. The molecule has 16 nitrogen and oxygen atoms in total. The number of pyridine rings is 1. The number of hydrogen-bond acceptors (Lipinski definition) is 13. The highest BCUT2D eigenvalue weighted by Crippen LogP contribution is 2.43. The summed E-state index contributed by atoms with van der Waals surface area (Å²) in [6.45, 7) is 12.3. The number of carbonyl (C=O) groups excluding carboxylic acids is 4. The van der Waals surface area contributed by atoms with Crippen molar-refractivity contribution in [3.63, 3.8) is 0 Å². The molecular formula is C45H49F2N9O7. The van der Waals surface area contributed by atoms with E-state index in [9.17, 15) is 28.0 Å². The van der Waals surface area contributed by atoms with E-state index in [2.05, 4.69) is 30.2 Å². The van der Waals surface area contributed by atoms with Crippen molar-refractivity contribution < 1.29 is 42.2 Å². The molecule has 5 aliphatic rings. The van der Waals surface area contributed by atoms with E-state index in [0.717, 1.165) is 60.7 Å². The molecule has 0 saturated carbocycles. The summed E-state index contributed by atoms with van der Waals surface area (Å²) in [5.41, 5.74) is 4.60. The third-order valence-electron chi connectivity index (χ3n) is 12.3. The first-order valence-electron chi connectivity index (χ1n) is 21.2. The number of methoxy groups -OCH3 is 1. The molecule has 4 amide bonds. The molecule has 3 atom stereocenters. The van der Waals surface area contributed by atoms with Crippen molar-refractivity contribution in [2.75, 3.05) is 61.1 Å². The number of piperazine rings is 1. The molecule has 4 aromatic rings. The number of imide groups is 1. The lowest BCUT2D eigenvalue weighted by molar-refractivity contribution is -0.136. The average molecular weight is 866 g/mol. The number of ether oxygens (including phenoxy) is 3. The van der Waals surface area contributed by atoms with Gasteiger partial charge in [0.2, 0.25) is 17.7 Å². The van der Waals surface area contributed by atoms with Crippen molar-refractivity contribution in [3.8, 4) is 22.9 Å². The summed E-state index contributed by atoms with van der Waals surface area (Å²) in [4.78, 5) is 65.5. The predicted octanol–water partition coefficient (Wildman–Crippen LogP) is 5.00. The molecule has 1 unspecified atom stereocenters. The Morgan fingerprint density at radius 2 is 1.75 bits per heavy atom. The molecule has 3 fully saturated rings. The second kappa shape index (κ2) is 16.4. The van der Waals surface area contributed by atoms with Gasteiger partial charge in [0.25, 0.3) is 5.91 Å². The summed E-state index contributed by atoms with van der Waals surface area (Å²) >= 11 is 0. The van der Waals surface area contributed by atoms with Crippen LogP contribution in [0.3, 0.4) is 0 Å². The van der Waals surface area contributed by atoms with E-state index in [0.29, 0.717) is 49.6 Å². The summed E-state index contributed by atoms with van der Waals surface area (Å²) in [5, 5.41) is 11.0. The Kier molecular flexibility index (Phi) is 10.9. The van der Waals surface area contributed by atoms with Crippen LogP contribution in [0.15, 0.2) is 48.7 Å². The minimum atomic E-state index is -0.874. The van der Waals surface area contributed by atoms with Crippen molar-refractivity contribution in [1.82, 2.24) is 30.3 Å². The molecule has 63 heavy (non-hydrogen) atoms. The maximum Gasteiger partial charge on any atom is 0.416 e. The molecule has 3 saturated heterocycles. The lowest BCUT2D eigenvalue weighted by Gasteiger charge is -2.39. The SMILES string of the molecule is COc1c(F)cc(F)cc1-c1cc2c(nn1)N(C(=O)OC(C)(C)C)C[C@H]1C[C@@H](Oc3cc(C)c(CN4CCN(c5ccc6c(c5)C(=O)N(C5CCC(=O)NC5=O)C6)CC4)cn3)CN21. The van der Waals surface area contributed by atoms with Gasteiger partial charge in [0.15, 0.2) is 17.4 Å². The number of fused-ring (bicyclic) bond motifs is 4. The summed E-state index contributed by atoms with van der Waals surface area (Å²) < 4.78 is 46.7. The highest BCUT2D eigenvalue weighted by Gasteiger charge is 2.44. The highest BCUT2D eigenvalue weighted by molar-refractivity contribution is 6.05. The summed E-state index contributed by atoms with van der Waals surface area (Å²) in [5.74, 6) is -2.00. The van der Waals surface area contributed by atoms with Gasteiger partial charge in [-0.05, 0) is 75.1 Å². The van der Waals surface area contributed by atoms with Crippen LogP contribution in [0.2, 0.25) is 0 Å².